The summed E-state index contributed by atoms with van der Waals surface area (Å²) in [5, 5.41) is -0.303. The highest BCUT2D eigenvalue weighted by atomic mass is 35.5. The molecule has 6 heteroatoms. The summed E-state index contributed by atoms with van der Waals surface area (Å²) in [6.07, 6.45) is 0. The molecule has 102 valence electrons. The van der Waals surface area contributed by atoms with Crippen molar-refractivity contribution in [2.75, 3.05) is 14.2 Å². The number of imidazole rings is 1. The highest BCUT2D eigenvalue weighted by Gasteiger charge is 2.17. The minimum atomic E-state index is -0.339. The predicted molar refractivity (Wildman–Crippen MR) is 72.6 cm³/mol. The molecule has 0 N–H and O–H groups in total. The highest BCUT2D eigenvalue weighted by Crippen LogP contribution is 2.27. The van der Waals surface area contributed by atoms with E-state index in [-0.39, 0.29) is 17.9 Å². The zero-order chi connectivity index (χ0) is 14.0. The van der Waals surface area contributed by atoms with Gasteiger partial charge in [-0.3, -0.25) is 4.79 Å². The first kappa shape index (κ1) is 13.7. The van der Waals surface area contributed by atoms with Crippen molar-refractivity contribution < 1.29 is 14.3 Å². The molecule has 19 heavy (non-hydrogen) atoms. The topological polar surface area (TPSA) is 53.4 Å². The Hall–Kier alpha value is -1.75. The molecule has 0 amide bonds. The summed E-state index contributed by atoms with van der Waals surface area (Å²) < 4.78 is 11.6. The van der Waals surface area contributed by atoms with Gasteiger partial charge in [0.2, 0.25) is 0 Å². The SMILES string of the molecule is COC(=O)Cn1c(C(C)Cl)nc2cc(OC)ccc21. The number of rotatable bonds is 4. The first-order valence-electron chi connectivity index (χ1n) is 5.82. The number of hydrogen-bond acceptors (Lipinski definition) is 4. The fourth-order valence-electron chi connectivity index (χ4n) is 1.92. The molecule has 2 aromatic rings. The number of methoxy groups -OCH3 is 2. The number of alkyl halides is 1. The molecule has 1 heterocycles. The Morgan fingerprint density at radius 1 is 1.47 bits per heavy atom. The number of halogens is 1. The van der Waals surface area contributed by atoms with E-state index in [1.54, 1.807) is 11.7 Å². The largest absolute Gasteiger partial charge is 0.497 e. The average Bonchev–Trinajstić information content (AvgIpc) is 2.76. The molecule has 0 aliphatic heterocycles. The van der Waals surface area contributed by atoms with Crippen LogP contribution in [0.1, 0.15) is 18.1 Å². The fraction of sp³-hybridized carbons (Fsp3) is 0.385. The molecule has 0 saturated carbocycles. The van der Waals surface area contributed by atoms with Crippen LogP contribution in [0.2, 0.25) is 0 Å². The second-order valence-corrected chi connectivity index (χ2v) is 4.76. The van der Waals surface area contributed by atoms with Crippen LogP contribution in [0.25, 0.3) is 11.0 Å². The standard InChI is InChI=1S/C13H15ClN2O3/c1-8(14)13-15-10-6-9(18-2)4-5-11(10)16(13)7-12(17)19-3/h4-6,8H,7H2,1-3H3. The van der Waals surface area contributed by atoms with Crippen LogP contribution in [-0.4, -0.2) is 29.7 Å². The normalized spacial score (nSPS) is 12.4. The lowest BCUT2D eigenvalue weighted by Gasteiger charge is -2.09. The van der Waals surface area contributed by atoms with E-state index in [0.717, 1.165) is 11.0 Å². The molecular weight excluding hydrogens is 268 g/mol. The van der Waals surface area contributed by atoms with Crippen LogP contribution in [-0.2, 0) is 16.1 Å². The van der Waals surface area contributed by atoms with Crippen molar-refractivity contribution in [1.82, 2.24) is 9.55 Å². The number of benzene rings is 1. The van der Waals surface area contributed by atoms with Gasteiger partial charge in [-0.25, -0.2) is 4.98 Å². The third-order valence-corrected chi connectivity index (χ3v) is 3.05. The van der Waals surface area contributed by atoms with Crippen LogP contribution in [0.5, 0.6) is 5.75 Å². The quantitative estimate of drug-likeness (QED) is 0.639. The minimum absolute atomic E-state index is 0.0890. The van der Waals surface area contributed by atoms with E-state index in [1.807, 2.05) is 25.1 Å². The maximum absolute atomic E-state index is 11.5. The van der Waals surface area contributed by atoms with Crippen LogP contribution in [0, 0.1) is 0 Å². The zero-order valence-corrected chi connectivity index (χ0v) is 11.8. The van der Waals surface area contributed by atoms with E-state index in [0.29, 0.717) is 11.6 Å². The average molecular weight is 283 g/mol. The summed E-state index contributed by atoms with van der Waals surface area (Å²) in [4.78, 5) is 15.9. The third-order valence-electron chi connectivity index (χ3n) is 2.86. The smallest absolute Gasteiger partial charge is 0.325 e. The van der Waals surface area contributed by atoms with Crippen molar-refractivity contribution in [2.45, 2.75) is 18.8 Å². The number of hydrogen-bond donors (Lipinski definition) is 0. The van der Waals surface area contributed by atoms with Gasteiger partial charge in [-0.05, 0) is 19.1 Å². The Kier molecular flexibility index (Phi) is 3.95. The summed E-state index contributed by atoms with van der Waals surface area (Å²) in [5.74, 6) is 1.01. The molecule has 0 aliphatic carbocycles. The molecule has 1 aromatic carbocycles. The molecule has 0 aliphatic rings. The molecule has 1 unspecified atom stereocenters. The molecule has 1 aromatic heterocycles. The molecule has 1 atom stereocenters. The summed E-state index contributed by atoms with van der Waals surface area (Å²) in [6, 6.07) is 5.49. The van der Waals surface area contributed by atoms with Crippen LogP contribution in [0.3, 0.4) is 0 Å². The van der Waals surface area contributed by atoms with Crippen molar-refractivity contribution in [2.24, 2.45) is 0 Å². The second kappa shape index (κ2) is 5.48. The maximum atomic E-state index is 11.5. The molecule has 0 radical (unpaired) electrons. The lowest BCUT2D eigenvalue weighted by molar-refractivity contribution is -0.141. The second-order valence-electron chi connectivity index (χ2n) is 4.10. The number of carbonyl (C=O) groups excluding carboxylic acids is 1. The number of esters is 1. The number of aromatic nitrogens is 2. The third kappa shape index (κ3) is 2.66. The van der Waals surface area contributed by atoms with Crippen molar-refractivity contribution >= 4 is 28.6 Å². The summed E-state index contributed by atoms with van der Waals surface area (Å²) in [7, 11) is 2.95. The maximum Gasteiger partial charge on any atom is 0.325 e. The number of ether oxygens (including phenoxy) is 2. The molecule has 0 bridgehead atoms. The van der Waals surface area contributed by atoms with Crippen molar-refractivity contribution in [3.8, 4) is 5.75 Å². The predicted octanol–water partition coefficient (Wildman–Crippen LogP) is 2.52. The summed E-state index contributed by atoms with van der Waals surface area (Å²) >= 11 is 6.11. The van der Waals surface area contributed by atoms with Gasteiger partial charge in [0.05, 0.1) is 30.6 Å². The van der Waals surface area contributed by atoms with Gasteiger partial charge in [0.1, 0.15) is 18.1 Å². The summed E-state index contributed by atoms with van der Waals surface area (Å²) in [6.45, 7) is 1.90. The van der Waals surface area contributed by atoms with Crippen LogP contribution in [0.4, 0.5) is 0 Å². The zero-order valence-electron chi connectivity index (χ0n) is 11.0. The van der Waals surface area contributed by atoms with Crippen LogP contribution >= 0.6 is 11.6 Å². The lowest BCUT2D eigenvalue weighted by atomic mass is 10.3. The van der Waals surface area contributed by atoms with Crippen molar-refractivity contribution in [1.29, 1.82) is 0 Å². The van der Waals surface area contributed by atoms with Gasteiger partial charge in [-0.2, -0.15) is 0 Å². The van der Waals surface area contributed by atoms with Gasteiger partial charge in [-0.1, -0.05) is 0 Å². The van der Waals surface area contributed by atoms with E-state index in [1.165, 1.54) is 7.11 Å². The molecule has 0 fully saturated rings. The van der Waals surface area contributed by atoms with Gasteiger partial charge in [0, 0.05) is 6.07 Å². The van der Waals surface area contributed by atoms with Gasteiger partial charge in [0.25, 0.3) is 0 Å². The Bertz CT molecular complexity index is 607. The molecular formula is C13H15ClN2O3. The molecule has 0 saturated heterocycles. The van der Waals surface area contributed by atoms with Crippen LogP contribution in [0.15, 0.2) is 18.2 Å². The molecule has 0 spiro atoms. The lowest BCUT2D eigenvalue weighted by Crippen LogP contribution is -2.14. The van der Waals surface area contributed by atoms with Crippen LogP contribution < -0.4 is 4.74 Å². The Labute approximate surface area is 116 Å². The van der Waals surface area contributed by atoms with Crippen molar-refractivity contribution in [3.05, 3.63) is 24.0 Å². The van der Waals surface area contributed by atoms with E-state index in [9.17, 15) is 4.79 Å². The van der Waals surface area contributed by atoms with E-state index < -0.39 is 0 Å². The first-order chi connectivity index (χ1) is 9.06. The Morgan fingerprint density at radius 2 is 2.21 bits per heavy atom. The molecule has 2 rings (SSSR count). The monoisotopic (exact) mass is 282 g/mol. The van der Waals surface area contributed by atoms with Gasteiger partial charge in [0.15, 0.2) is 0 Å². The number of carbonyl (C=O) groups is 1. The minimum Gasteiger partial charge on any atom is -0.497 e. The Morgan fingerprint density at radius 3 is 2.79 bits per heavy atom. The highest BCUT2D eigenvalue weighted by molar-refractivity contribution is 6.20. The first-order valence-corrected chi connectivity index (χ1v) is 6.25. The molecule has 5 nitrogen and oxygen atoms in total. The number of nitrogens with zero attached hydrogens (tertiary/aromatic N) is 2. The Balaban J connectivity index is 2.57. The fourth-order valence-corrected chi connectivity index (χ4v) is 2.09. The van der Waals surface area contributed by atoms with E-state index in [4.69, 9.17) is 21.1 Å². The van der Waals surface area contributed by atoms with E-state index >= 15 is 0 Å². The van der Waals surface area contributed by atoms with Crippen molar-refractivity contribution in [3.63, 3.8) is 0 Å². The van der Waals surface area contributed by atoms with Gasteiger partial charge in [-0.15, -0.1) is 11.6 Å². The van der Waals surface area contributed by atoms with Gasteiger partial charge < -0.3 is 14.0 Å². The number of fused-ring (bicyclic) bond motifs is 1. The summed E-state index contributed by atoms with van der Waals surface area (Å²) in [5.41, 5.74) is 1.57. The van der Waals surface area contributed by atoms with Gasteiger partial charge >= 0.3 is 5.97 Å². The van der Waals surface area contributed by atoms with E-state index in [2.05, 4.69) is 4.98 Å².